The first-order valence-corrected chi connectivity index (χ1v) is 9.42. The van der Waals surface area contributed by atoms with Gasteiger partial charge in [-0.25, -0.2) is 4.79 Å². The molecule has 0 aliphatic heterocycles. The summed E-state index contributed by atoms with van der Waals surface area (Å²) in [5, 5.41) is 10.6. The summed E-state index contributed by atoms with van der Waals surface area (Å²) < 4.78 is 2.07. The average molecular weight is 360 g/mol. The Hall–Kier alpha value is -3.08. The number of urea groups is 1. The molecule has 0 bridgehead atoms. The van der Waals surface area contributed by atoms with Crippen molar-refractivity contribution >= 4 is 11.7 Å². The Labute approximate surface area is 159 Å². The van der Waals surface area contributed by atoms with Crippen molar-refractivity contribution in [2.75, 3.05) is 5.32 Å². The summed E-state index contributed by atoms with van der Waals surface area (Å²) in [6, 6.07) is 18.0. The highest BCUT2D eigenvalue weighted by Gasteiger charge is 2.25. The maximum absolute atomic E-state index is 12.5. The van der Waals surface area contributed by atoms with E-state index in [1.165, 1.54) is 11.3 Å². The molecule has 2 N–H and O–H groups in total. The highest BCUT2D eigenvalue weighted by atomic mass is 16.2. The fraction of sp³-hybridized carbons (Fsp3) is 0.273. The van der Waals surface area contributed by atoms with Crippen molar-refractivity contribution in [3.8, 4) is 0 Å². The maximum atomic E-state index is 12.5. The van der Waals surface area contributed by atoms with Gasteiger partial charge in [0.2, 0.25) is 0 Å². The normalized spacial score (nSPS) is 15.8. The number of nitrogens with zero attached hydrogens (tertiary/aromatic N) is 2. The molecular formula is C22H24N4O. The first-order chi connectivity index (χ1) is 13.2. The Bertz CT molecular complexity index is 932. The van der Waals surface area contributed by atoms with Gasteiger partial charge in [-0.2, -0.15) is 5.10 Å². The van der Waals surface area contributed by atoms with Gasteiger partial charge in [0.05, 0.1) is 18.8 Å². The van der Waals surface area contributed by atoms with Gasteiger partial charge < -0.3 is 10.6 Å². The number of carbonyl (C=O) groups is 1. The molecule has 1 aliphatic rings. The van der Waals surface area contributed by atoms with Crippen LogP contribution in [0.2, 0.25) is 0 Å². The van der Waals surface area contributed by atoms with E-state index in [1.54, 1.807) is 0 Å². The molecule has 0 radical (unpaired) electrons. The van der Waals surface area contributed by atoms with E-state index in [0.29, 0.717) is 0 Å². The van der Waals surface area contributed by atoms with Gasteiger partial charge in [0.25, 0.3) is 0 Å². The summed E-state index contributed by atoms with van der Waals surface area (Å²) in [4.78, 5) is 12.5. The summed E-state index contributed by atoms with van der Waals surface area (Å²) in [6.07, 6.45) is 4.89. The topological polar surface area (TPSA) is 59.0 Å². The zero-order chi connectivity index (χ0) is 18.6. The number of hydrogen-bond acceptors (Lipinski definition) is 2. The number of hydrogen-bond donors (Lipinski definition) is 2. The largest absolute Gasteiger partial charge is 0.331 e. The molecule has 138 valence electrons. The van der Waals surface area contributed by atoms with Crippen LogP contribution >= 0.6 is 0 Å². The number of carbonyl (C=O) groups excluding carboxylic acids is 1. The molecule has 3 aromatic rings. The third-order valence-corrected chi connectivity index (χ3v) is 5.02. The Morgan fingerprint density at radius 2 is 2.04 bits per heavy atom. The number of benzene rings is 2. The SMILES string of the molecule is Cc1cccc(NC(=O)NC2CCCc3c2cnn3Cc2ccccc2)c1. The number of aryl methyl sites for hydroxylation is 1. The molecule has 4 rings (SSSR count). The van der Waals surface area contributed by atoms with Crippen LogP contribution in [0.1, 0.15) is 41.3 Å². The fourth-order valence-electron chi connectivity index (χ4n) is 3.71. The third kappa shape index (κ3) is 4.03. The minimum absolute atomic E-state index is 0.00285. The Kier molecular flexibility index (Phi) is 4.92. The second-order valence-electron chi connectivity index (χ2n) is 7.10. The van der Waals surface area contributed by atoms with E-state index in [2.05, 4.69) is 32.5 Å². The molecule has 1 aliphatic carbocycles. The average Bonchev–Trinajstić information content (AvgIpc) is 3.06. The van der Waals surface area contributed by atoms with Gasteiger partial charge in [-0.3, -0.25) is 4.68 Å². The van der Waals surface area contributed by atoms with Gasteiger partial charge in [0.15, 0.2) is 0 Å². The van der Waals surface area contributed by atoms with Crippen LogP contribution in [0.4, 0.5) is 10.5 Å². The molecule has 1 heterocycles. The highest BCUT2D eigenvalue weighted by Crippen LogP contribution is 2.30. The van der Waals surface area contributed by atoms with E-state index in [0.717, 1.165) is 42.6 Å². The lowest BCUT2D eigenvalue weighted by Gasteiger charge is -2.24. The molecule has 1 aromatic heterocycles. The van der Waals surface area contributed by atoms with Gasteiger partial charge in [-0.15, -0.1) is 0 Å². The summed E-state index contributed by atoms with van der Waals surface area (Å²) in [5.74, 6) is 0. The third-order valence-electron chi connectivity index (χ3n) is 5.02. The van der Waals surface area contributed by atoms with Crippen LogP contribution in [0, 0.1) is 6.92 Å². The summed E-state index contributed by atoms with van der Waals surface area (Å²) in [5.41, 5.74) is 5.52. The van der Waals surface area contributed by atoms with Crippen molar-refractivity contribution in [2.24, 2.45) is 0 Å². The monoisotopic (exact) mass is 360 g/mol. The Morgan fingerprint density at radius 3 is 2.85 bits per heavy atom. The van der Waals surface area contributed by atoms with Gasteiger partial charge in [-0.1, -0.05) is 42.5 Å². The predicted octanol–water partition coefficient (Wildman–Crippen LogP) is 4.44. The van der Waals surface area contributed by atoms with Crippen LogP contribution in [0.25, 0.3) is 0 Å². The molecule has 0 fully saturated rings. The lowest BCUT2D eigenvalue weighted by Crippen LogP contribution is -2.34. The second kappa shape index (κ2) is 7.66. The van der Waals surface area contributed by atoms with Crippen molar-refractivity contribution in [2.45, 2.75) is 38.8 Å². The lowest BCUT2D eigenvalue weighted by molar-refractivity contribution is 0.247. The van der Waals surface area contributed by atoms with Gasteiger partial charge in [-0.05, 0) is 49.4 Å². The quantitative estimate of drug-likeness (QED) is 0.723. The predicted molar refractivity (Wildman–Crippen MR) is 107 cm³/mol. The van der Waals surface area contributed by atoms with Crippen LogP contribution in [0.15, 0.2) is 60.8 Å². The minimum atomic E-state index is -0.172. The van der Waals surface area contributed by atoms with E-state index in [4.69, 9.17) is 0 Å². The number of aromatic nitrogens is 2. The van der Waals surface area contributed by atoms with Gasteiger partial charge in [0.1, 0.15) is 0 Å². The Balaban J connectivity index is 1.46. The lowest BCUT2D eigenvalue weighted by atomic mass is 9.93. The molecule has 27 heavy (non-hydrogen) atoms. The van der Waals surface area contributed by atoms with Crippen LogP contribution in [-0.4, -0.2) is 15.8 Å². The molecule has 0 saturated heterocycles. The van der Waals surface area contributed by atoms with Crippen LogP contribution in [-0.2, 0) is 13.0 Å². The van der Waals surface area contributed by atoms with Crippen molar-refractivity contribution in [1.29, 1.82) is 0 Å². The van der Waals surface area contributed by atoms with Crippen LogP contribution < -0.4 is 10.6 Å². The van der Waals surface area contributed by atoms with E-state index in [-0.39, 0.29) is 12.1 Å². The minimum Gasteiger partial charge on any atom is -0.331 e. The second-order valence-corrected chi connectivity index (χ2v) is 7.10. The van der Waals surface area contributed by atoms with Crippen LogP contribution in [0.5, 0.6) is 0 Å². The zero-order valence-corrected chi connectivity index (χ0v) is 15.5. The molecule has 5 heteroatoms. The van der Waals surface area contributed by atoms with Crippen molar-refractivity contribution in [3.63, 3.8) is 0 Å². The summed E-state index contributed by atoms with van der Waals surface area (Å²) >= 11 is 0. The van der Waals surface area contributed by atoms with E-state index >= 15 is 0 Å². The maximum Gasteiger partial charge on any atom is 0.319 e. The Morgan fingerprint density at radius 1 is 1.19 bits per heavy atom. The molecule has 2 aromatic carbocycles. The molecule has 2 amide bonds. The van der Waals surface area contributed by atoms with E-state index in [9.17, 15) is 4.79 Å². The number of anilines is 1. The molecule has 1 unspecified atom stereocenters. The van der Waals surface area contributed by atoms with Crippen LogP contribution in [0.3, 0.4) is 0 Å². The summed E-state index contributed by atoms with van der Waals surface area (Å²) in [7, 11) is 0. The molecule has 1 atom stereocenters. The molecule has 0 saturated carbocycles. The first kappa shape index (κ1) is 17.3. The fourth-order valence-corrected chi connectivity index (χ4v) is 3.71. The number of amides is 2. The van der Waals surface area contributed by atoms with Crippen molar-refractivity contribution in [3.05, 3.63) is 83.2 Å². The standard InChI is InChI=1S/C22H24N4O/c1-16-7-5-10-18(13-16)24-22(27)25-20-11-6-12-21-19(20)14-23-26(21)15-17-8-3-2-4-9-17/h2-5,7-10,13-14,20H,6,11-12,15H2,1H3,(H2,24,25,27). The molecule has 0 spiro atoms. The van der Waals surface area contributed by atoms with Crippen molar-refractivity contribution < 1.29 is 4.79 Å². The number of rotatable bonds is 4. The number of nitrogens with one attached hydrogen (secondary N) is 2. The van der Waals surface area contributed by atoms with Crippen molar-refractivity contribution in [1.82, 2.24) is 15.1 Å². The first-order valence-electron chi connectivity index (χ1n) is 9.42. The number of fused-ring (bicyclic) bond motifs is 1. The molecular weight excluding hydrogens is 336 g/mol. The highest BCUT2D eigenvalue weighted by molar-refractivity contribution is 5.89. The van der Waals surface area contributed by atoms with Gasteiger partial charge in [0, 0.05) is 16.9 Å². The molecule has 5 nitrogen and oxygen atoms in total. The van der Waals surface area contributed by atoms with E-state index < -0.39 is 0 Å². The zero-order valence-electron chi connectivity index (χ0n) is 15.5. The van der Waals surface area contributed by atoms with E-state index in [1.807, 2.05) is 55.6 Å². The van der Waals surface area contributed by atoms with Gasteiger partial charge >= 0.3 is 6.03 Å². The smallest absolute Gasteiger partial charge is 0.319 e. The summed E-state index contributed by atoms with van der Waals surface area (Å²) in [6.45, 7) is 2.77.